The zero-order chi connectivity index (χ0) is 16.7. The molecule has 4 nitrogen and oxygen atoms in total. The molecule has 0 radical (unpaired) electrons. The highest BCUT2D eigenvalue weighted by atomic mass is 19.2. The van der Waals surface area contributed by atoms with Crippen LogP contribution >= 0.6 is 0 Å². The second-order valence-corrected chi connectivity index (χ2v) is 5.83. The molecule has 3 aromatic rings. The van der Waals surface area contributed by atoms with E-state index in [0.717, 1.165) is 11.5 Å². The fraction of sp³-hybridized carbons (Fsp3) is 0.222. The number of pyridine rings is 1. The lowest BCUT2D eigenvalue weighted by atomic mass is 10.1. The second-order valence-electron chi connectivity index (χ2n) is 5.83. The van der Waals surface area contributed by atoms with E-state index < -0.39 is 11.6 Å². The summed E-state index contributed by atoms with van der Waals surface area (Å²) in [6.45, 7) is 2.72. The Morgan fingerprint density at radius 1 is 1.21 bits per heavy atom. The summed E-state index contributed by atoms with van der Waals surface area (Å²) in [4.78, 5) is 10.7. The standard InChI is InChI=1S/C18H15F2N3O/c1-11-8-12(9-13(19)17(11)20)23-7-5-16-15(10-23)22-18(24-16)14-4-2-3-6-21-14/h2-4,6,8-9H,5,7,10H2,1H3. The van der Waals surface area contributed by atoms with E-state index >= 15 is 0 Å². The number of aryl methyl sites for hydroxylation is 1. The van der Waals surface area contributed by atoms with E-state index in [0.29, 0.717) is 42.3 Å². The first-order valence-corrected chi connectivity index (χ1v) is 7.72. The van der Waals surface area contributed by atoms with E-state index in [-0.39, 0.29) is 0 Å². The molecule has 3 heterocycles. The molecule has 0 bridgehead atoms. The molecule has 1 aliphatic heterocycles. The summed E-state index contributed by atoms with van der Waals surface area (Å²) < 4.78 is 33.0. The fourth-order valence-electron chi connectivity index (χ4n) is 2.91. The van der Waals surface area contributed by atoms with Gasteiger partial charge in [-0.2, -0.15) is 0 Å². The largest absolute Gasteiger partial charge is 0.439 e. The van der Waals surface area contributed by atoms with Gasteiger partial charge in [0.2, 0.25) is 5.89 Å². The molecule has 0 N–H and O–H groups in total. The molecule has 122 valence electrons. The van der Waals surface area contributed by atoms with Gasteiger partial charge in [0.15, 0.2) is 11.6 Å². The van der Waals surface area contributed by atoms with Crippen molar-refractivity contribution in [2.75, 3.05) is 11.4 Å². The molecule has 6 heteroatoms. The number of hydrogen-bond acceptors (Lipinski definition) is 4. The summed E-state index contributed by atoms with van der Waals surface area (Å²) in [5.74, 6) is -0.310. The molecule has 1 aromatic carbocycles. The Bertz CT molecular complexity index is 870. The van der Waals surface area contributed by atoms with Gasteiger partial charge in [0.1, 0.15) is 17.1 Å². The van der Waals surface area contributed by atoms with Gasteiger partial charge >= 0.3 is 0 Å². The molecular weight excluding hydrogens is 312 g/mol. The highest BCUT2D eigenvalue weighted by Crippen LogP contribution is 2.29. The third-order valence-corrected chi connectivity index (χ3v) is 4.17. The van der Waals surface area contributed by atoms with Crippen molar-refractivity contribution >= 4 is 5.69 Å². The summed E-state index contributed by atoms with van der Waals surface area (Å²) in [6.07, 6.45) is 2.35. The first-order valence-electron chi connectivity index (χ1n) is 7.72. The Kier molecular flexibility index (Phi) is 3.52. The third kappa shape index (κ3) is 2.54. The van der Waals surface area contributed by atoms with E-state index in [9.17, 15) is 8.78 Å². The van der Waals surface area contributed by atoms with Crippen LogP contribution in [0, 0.1) is 18.6 Å². The minimum absolute atomic E-state index is 0.296. The van der Waals surface area contributed by atoms with Crippen LogP contribution in [-0.4, -0.2) is 16.5 Å². The summed E-state index contributed by atoms with van der Waals surface area (Å²) in [7, 11) is 0. The zero-order valence-electron chi connectivity index (χ0n) is 13.1. The number of halogens is 2. The van der Waals surface area contributed by atoms with Crippen molar-refractivity contribution in [3.8, 4) is 11.6 Å². The summed E-state index contributed by atoms with van der Waals surface area (Å²) in [5, 5.41) is 0. The van der Waals surface area contributed by atoms with Crippen molar-refractivity contribution in [2.45, 2.75) is 19.9 Å². The van der Waals surface area contributed by atoms with Gasteiger partial charge in [-0.15, -0.1) is 0 Å². The monoisotopic (exact) mass is 327 g/mol. The predicted octanol–water partition coefficient (Wildman–Crippen LogP) is 3.89. The Balaban J connectivity index is 1.64. The molecule has 4 rings (SSSR count). The van der Waals surface area contributed by atoms with Crippen LogP contribution < -0.4 is 4.90 Å². The molecule has 0 fully saturated rings. The Hall–Kier alpha value is -2.76. The number of anilines is 1. The van der Waals surface area contributed by atoms with Crippen LogP contribution in [0.1, 0.15) is 17.0 Å². The smallest absolute Gasteiger partial charge is 0.245 e. The maximum absolute atomic E-state index is 13.7. The second kappa shape index (κ2) is 5.70. The van der Waals surface area contributed by atoms with Crippen LogP contribution in [0.5, 0.6) is 0 Å². The average Bonchev–Trinajstić information content (AvgIpc) is 3.03. The number of oxazole rings is 1. The van der Waals surface area contributed by atoms with Crippen LogP contribution in [-0.2, 0) is 13.0 Å². The molecule has 0 saturated heterocycles. The van der Waals surface area contributed by atoms with Gasteiger partial charge in [0.05, 0.1) is 6.54 Å². The fourth-order valence-corrected chi connectivity index (χ4v) is 2.91. The number of nitrogens with zero attached hydrogens (tertiary/aromatic N) is 3. The predicted molar refractivity (Wildman–Crippen MR) is 85.6 cm³/mol. The maximum atomic E-state index is 13.7. The Morgan fingerprint density at radius 3 is 2.83 bits per heavy atom. The van der Waals surface area contributed by atoms with Gasteiger partial charge in [-0.3, -0.25) is 4.98 Å². The minimum atomic E-state index is -0.829. The van der Waals surface area contributed by atoms with E-state index in [1.54, 1.807) is 19.2 Å². The minimum Gasteiger partial charge on any atom is -0.439 e. The molecule has 1 aliphatic rings. The van der Waals surface area contributed by atoms with Crippen LogP contribution in [0.15, 0.2) is 40.9 Å². The Labute approximate surface area is 137 Å². The van der Waals surface area contributed by atoms with Crippen molar-refractivity contribution in [1.29, 1.82) is 0 Å². The molecule has 0 aliphatic carbocycles. The van der Waals surface area contributed by atoms with Crippen LogP contribution in [0.4, 0.5) is 14.5 Å². The molecule has 0 saturated carbocycles. The first-order chi connectivity index (χ1) is 11.6. The summed E-state index contributed by atoms with van der Waals surface area (Å²) in [5.41, 5.74) is 2.44. The summed E-state index contributed by atoms with van der Waals surface area (Å²) >= 11 is 0. The lowest BCUT2D eigenvalue weighted by molar-refractivity contribution is 0.493. The lowest BCUT2D eigenvalue weighted by Crippen LogP contribution is -2.30. The quantitative estimate of drug-likeness (QED) is 0.716. The van der Waals surface area contributed by atoms with Crippen molar-refractivity contribution in [2.24, 2.45) is 0 Å². The molecule has 0 spiro atoms. The lowest BCUT2D eigenvalue weighted by Gasteiger charge is -2.27. The highest BCUT2D eigenvalue weighted by molar-refractivity contribution is 5.52. The Morgan fingerprint density at radius 2 is 2.08 bits per heavy atom. The molecule has 0 atom stereocenters. The third-order valence-electron chi connectivity index (χ3n) is 4.17. The number of fused-ring (bicyclic) bond motifs is 1. The van der Waals surface area contributed by atoms with Gasteiger partial charge in [-0.05, 0) is 30.7 Å². The highest BCUT2D eigenvalue weighted by Gasteiger charge is 2.24. The van der Waals surface area contributed by atoms with Crippen LogP contribution in [0.3, 0.4) is 0 Å². The van der Waals surface area contributed by atoms with Crippen molar-refractivity contribution in [3.05, 3.63) is 65.2 Å². The van der Waals surface area contributed by atoms with Crippen molar-refractivity contribution in [3.63, 3.8) is 0 Å². The van der Waals surface area contributed by atoms with Gasteiger partial charge in [-0.1, -0.05) is 6.07 Å². The van der Waals surface area contributed by atoms with Crippen molar-refractivity contribution < 1.29 is 13.2 Å². The number of aromatic nitrogens is 2. The molecule has 0 unspecified atom stereocenters. The van der Waals surface area contributed by atoms with E-state index in [4.69, 9.17) is 4.42 Å². The van der Waals surface area contributed by atoms with Gasteiger partial charge in [-0.25, -0.2) is 13.8 Å². The zero-order valence-corrected chi connectivity index (χ0v) is 13.1. The number of benzene rings is 1. The topological polar surface area (TPSA) is 42.2 Å². The van der Waals surface area contributed by atoms with Crippen LogP contribution in [0.2, 0.25) is 0 Å². The number of hydrogen-bond donors (Lipinski definition) is 0. The SMILES string of the molecule is Cc1cc(N2CCc3oc(-c4ccccn4)nc3C2)cc(F)c1F. The molecule has 24 heavy (non-hydrogen) atoms. The van der Waals surface area contributed by atoms with E-state index in [1.807, 2.05) is 23.1 Å². The molecule has 0 amide bonds. The molecular formula is C18H15F2N3O. The van der Waals surface area contributed by atoms with Crippen molar-refractivity contribution in [1.82, 2.24) is 9.97 Å². The van der Waals surface area contributed by atoms with E-state index in [1.165, 1.54) is 6.07 Å². The molecule has 2 aromatic heterocycles. The van der Waals surface area contributed by atoms with Gasteiger partial charge in [0, 0.05) is 30.9 Å². The normalized spacial score (nSPS) is 13.9. The average molecular weight is 327 g/mol. The maximum Gasteiger partial charge on any atom is 0.245 e. The van der Waals surface area contributed by atoms with E-state index in [2.05, 4.69) is 9.97 Å². The van der Waals surface area contributed by atoms with Gasteiger partial charge in [0.25, 0.3) is 0 Å². The number of rotatable bonds is 2. The first kappa shape index (κ1) is 14.8. The van der Waals surface area contributed by atoms with Crippen LogP contribution in [0.25, 0.3) is 11.6 Å². The summed E-state index contributed by atoms with van der Waals surface area (Å²) in [6, 6.07) is 8.44. The van der Waals surface area contributed by atoms with Gasteiger partial charge < -0.3 is 9.32 Å².